The van der Waals surface area contributed by atoms with Crippen molar-refractivity contribution in [3.63, 3.8) is 0 Å². The van der Waals surface area contributed by atoms with Crippen LogP contribution in [0.15, 0.2) is 97.1 Å². The van der Waals surface area contributed by atoms with Crippen LogP contribution in [0.5, 0.6) is 23.0 Å². The van der Waals surface area contributed by atoms with Crippen LogP contribution in [0.25, 0.3) is 0 Å². The third-order valence-corrected chi connectivity index (χ3v) is 9.09. The van der Waals surface area contributed by atoms with E-state index in [4.69, 9.17) is 18.9 Å². The van der Waals surface area contributed by atoms with Gasteiger partial charge >= 0.3 is 12.1 Å². The topological polar surface area (TPSA) is 187 Å². The third-order valence-electron chi connectivity index (χ3n) is 6.69. The van der Waals surface area contributed by atoms with Crippen LogP contribution in [-0.2, 0) is 26.5 Å². The molecule has 0 saturated carbocycles. The second kappa shape index (κ2) is 17.1. The lowest BCUT2D eigenvalue weighted by molar-refractivity contribution is 0.255. The maximum absolute atomic E-state index is 12.3. The molecule has 0 aliphatic heterocycles. The molecule has 0 atom stereocenters. The van der Waals surface area contributed by atoms with Crippen LogP contribution in [0, 0.1) is 0 Å². The molecule has 0 fully saturated rings. The molecule has 0 aliphatic rings. The molecule has 0 unspecified atom stereocenters. The van der Waals surface area contributed by atoms with E-state index in [9.17, 15) is 26.4 Å². The number of amides is 4. The summed E-state index contributed by atoms with van der Waals surface area (Å²) in [6.45, 7) is -0.309. The van der Waals surface area contributed by atoms with Crippen molar-refractivity contribution in [2.45, 2.75) is 6.42 Å². The second-order valence-corrected chi connectivity index (χ2v) is 14.1. The van der Waals surface area contributed by atoms with Gasteiger partial charge in [-0.2, -0.15) is 0 Å². The van der Waals surface area contributed by atoms with Crippen LogP contribution in [0.2, 0.25) is 0 Å². The minimum absolute atomic E-state index is 0.154. The van der Waals surface area contributed by atoms with Gasteiger partial charge in [-0.25, -0.2) is 35.9 Å². The van der Waals surface area contributed by atoms with Crippen LogP contribution >= 0.6 is 0 Å². The highest BCUT2D eigenvalue weighted by atomic mass is 32.2. The molecule has 0 spiro atoms. The SMILES string of the molecule is COc1ccc(OCCS(=O)(=O)NC(=O)Nc2ccc(Cc3ccc(NC(=O)NS(=O)(=O)CCOc4ccc(OC)cc4)cc3)cc2)cc1. The predicted molar refractivity (Wildman–Crippen MR) is 185 cm³/mol. The van der Waals surface area contributed by atoms with Gasteiger partial charge in [0.1, 0.15) is 47.7 Å². The van der Waals surface area contributed by atoms with Gasteiger partial charge in [-0.3, -0.25) is 0 Å². The van der Waals surface area contributed by atoms with Crippen molar-refractivity contribution in [1.29, 1.82) is 0 Å². The van der Waals surface area contributed by atoms with Crippen LogP contribution in [-0.4, -0.2) is 67.8 Å². The van der Waals surface area contributed by atoms with E-state index in [0.717, 1.165) is 11.1 Å². The number of hydrogen-bond donors (Lipinski definition) is 4. The normalized spacial score (nSPS) is 11.1. The zero-order valence-corrected chi connectivity index (χ0v) is 28.3. The highest BCUT2D eigenvalue weighted by molar-refractivity contribution is 7.90. The molecule has 4 rings (SSSR count). The van der Waals surface area contributed by atoms with E-state index in [1.165, 1.54) is 14.2 Å². The van der Waals surface area contributed by atoms with Gasteiger partial charge < -0.3 is 29.6 Å². The summed E-state index contributed by atoms with van der Waals surface area (Å²) in [6.07, 6.45) is 0.518. The summed E-state index contributed by atoms with van der Waals surface area (Å²) in [5, 5.41) is 4.98. The van der Waals surface area contributed by atoms with Crippen molar-refractivity contribution in [3.05, 3.63) is 108 Å². The van der Waals surface area contributed by atoms with E-state index < -0.39 is 43.6 Å². The van der Waals surface area contributed by atoms with E-state index >= 15 is 0 Å². The van der Waals surface area contributed by atoms with Crippen LogP contribution in [0.4, 0.5) is 21.0 Å². The smallest absolute Gasteiger partial charge is 0.332 e. The molecule has 0 aliphatic carbocycles. The van der Waals surface area contributed by atoms with E-state index in [2.05, 4.69) is 10.6 Å². The van der Waals surface area contributed by atoms with Crippen molar-refractivity contribution < 1.29 is 45.4 Å². The van der Waals surface area contributed by atoms with E-state index in [1.807, 2.05) is 9.44 Å². The number of anilines is 2. The number of nitrogens with one attached hydrogen (secondary N) is 4. The first kappa shape index (κ1) is 36.4. The average Bonchev–Trinajstić information content (AvgIpc) is 3.06. The molecule has 4 amide bonds. The maximum Gasteiger partial charge on any atom is 0.332 e. The lowest BCUT2D eigenvalue weighted by Crippen LogP contribution is -2.37. The minimum atomic E-state index is -3.95. The standard InChI is InChI=1S/C33H36N4O10S2/c1-44-28-11-15-30(16-12-28)46-19-21-48(40,41)36-32(38)34-26-7-3-24(4-8-26)23-25-5-9-27(10-6-25)35-33(39)37-49(42,43)22-20-47-31-17-13-29(45-2)14-18-31/h3-18H,19-23H2,1-2H3,(H2,34,36,38)(H2,35,37,39). The largest absolute Gasteiger partial charge is 0.497 e. The molecule has 0 saturated heterocycles. The van der Waals surface area contributed by atoms with E-state index in [0.29, 0.717) is 40.8 Å². The Bertz CT molecular complexity index is 1760. The van der Waals surface area contributed by atoms with Gasteiger partial charge in [0.15, 0.2) is 0 Å². The fourth-order valence-electron chi connectivity index (χ4n) is 4.23. The molecule has 260 valence electrons. The lowest BCUT2D eigenvalue weighted by Gasteiger charge is -2.11. The average molecular weight is 713 g/mol. The molecule has 16 heteroatoms. The first-order valence-corrected chi connectivity index (χ1v) is 18.1. The summed E-state index contributed by atoms with van der Waals surface area (Å²) in [7, 11) is -4.83. The first-order chi connectivity index (χ1) is 23.4. The van der Waals surface area contributed by atoms with E-state index in [1.54, 1.807) is 97.1 Å². The molecule has 4 N–H and O–H groups in total. The molecule has 4 aromatic carbocycles. The van der Waals surface area contributed by atoms with Crippen molar-refractivity contribution >= 4 is 43.5 Å². The summed E-state index contributed by atoms with van der Waals surface area (Å²) < 4.78 is 74.0. The zero-order chi connectivity index (χ0) is 35.3. The van der Waals surface area contributed by atoms with Crippen molar-refractivity contribution in [2.75, 3.05) is 49.6 Å². The summed E-state index contributed by atoms with van der Waals surface area (Å²) in [5.74, 6) is 1.36. The minimum Gasteiger partial charge on any atom is -0.497 e. The number of hydrogen-bond acceptors (Lipinski definition) is 10. The fraction of sp³-hybridized carbons (Fsp3) is 0.212. The second-order valence-electron chi connectivity index (χ2n) is 10.4. The van der Waals surface area contributed by atoms with Crippen LogP contribution in [0.1, 0.15) is 11.1 Å². The first-order valence-electron chi connectivity index (χ1n) is 14.8. The quantitative estimate of drug-likeness (QED) is 0.130. The molecule has 4 aromatic rings. The Kier molecular flexibility index (Phi) is 12.7. The summed E-state index contributed by atoms with van der Waals surface area (Å²) in [5.41, 5.74) is 2.57. The molecule has 49 heavy (non-hydrogen) atoms. The monoisotopic (exact) mass is 712 g/mol. The Labute approximate surface area is 284 Å². The Morgan fingerprint density at radius 3 is 1.16 bits per heavy atom. The molecule has 14 nitrogen and oxygen atoms in total. The summed E-state index contributed by atoms with van der Waals surface area (Å²) in [4.78, 5) is 24.6. The van der Waals surface area contributed by atoms with Gasteiger partial charge in [-0.1, -0.05) is 24.3 Å². The van der Waals surface area contributed by atoms with Crippen molar-refractivity contribution in [1.82, 2.24) is 9.44 Å². The molecular formula is C33H36N4O10S2. The maximum atomic E-state index is 12.3. The van der Waals surface area contributed by atoms with Gasteiger partial charge in [0.05, 0.1) is 14.2 Å². The number of sulfonamides is 2. The number of methoxy groups -OCH3 is 2. The van der Waals surface area contributed by atoms with Gasteiger partial charge in [0, 0.05) is 11.4 Å². The lowest BCUT2D eigenvalue weighted by atomic mass is 10.0. The van der Waals surface area contributed by atoms with Crippen molar-refractivity contribution in [2.24, 2.45) is 0 Å². The number of benzene rings is 4. The Morgan fingerprint density at radius 2 is 0.837 bits per heavy atom. The van der Waals surface area contributed by atoms with Gasteiger partial charge in [-0.15, -0.1) is 0 Å². The Morgan fingerprint density at radius 1 is 0.510 bits per heavy atom. The zero-order valence-electron chi connectivity index (χ0n) is 26.7. The third kappa shape index (κ3) is 12.6. The van der Waals surface area contributed by atoms with Gasteiger partial charge in [0.2, 0.25) is 20.0 Å². The van der Waals surface area contributed by atoms with Crippen LogP contribution in [0.3, 0.4) is 0 Å². The number of urea groups is 2. The number of carbonyl (C=O) groups is 2. The number of carbonyl (C=O) groups excluding carboxylic acids is 2. The molecule has 0 radical (unpaired) electrons. The van der Waals surface area contributed by atoms with E-state index in [-0.39, 0.29) is 13.2 Å². The highest BCUT2D eigenvalue weighted by Gasteiger charge is 2.16. The van der Waals surface area contributed by atoms with Crippen LogP contribution < -0.4 is 39.0 Å². The van der Waals surface area contributed by atoms with Crippen molar-refractivity contribution in [3.8, 4) is 23.0 Å². The number of ether oxygens (including phenoxy) is 4. The molecule has 0 heterocycles. The van der Waals surface area contributed by atoms with Gasteiger partial charge in [0.25, 0.3) is 0 Å². The fourth-order valence-corrected chi connectivity index (χ4v) is 5.70. The van der Waals surface area contributed by atoms with Gasteiger partial charge in [-0.05, 0) is 90.3 Å². The number of rotatable bonds is 16. The summed E-state index contributed by atoms with van der Waals surface area (Å²) in [6, 6.07) is 25.1. The summed E-state index contributed by atoms with van der Waals surface area (Å²) >= 11 is 0. The Hall–Kier alpha value is -5.48. The molecule has 0 aromatic heterocycles. The Balaban J connectivity index is 1.17. The predicted octanol–water partition coefficient (Wildman–Crippen LogP) is 4.36. The molecular weight excluding hydrogens is 677 g/mol. The highest BCUT2D eigenvalue weighted by Crippen LogP contribution is 2.19. The molecule has 0 bridgehead atoms.